The van der Waals surface area contributed by atoms with Crippen LogP contribution in [-0.2, 0) is 10.2 Å². The molecule has 0 saturated carbocycles. The summed E-state index contributed by atoms with van der Waals surface area (Å²) in [5.41, 5.74) is 7.64. The Morgan fingerprint density at radius 3 is 2.37 bits per heavy atom. The molecule has 140 valence electrons. The van der Waals surface area contributed by atoms with E-state index in [9.17, 15) is 9.90 Å². The number of nitrogens with two attached hydrogens (primary N) is 1. The maximum absolute atomic E-state index is 12.3. The zero-order valence-electron chi connectivity index (χ0n) is 15.4. The van der Waals surface area contributed by atoms with Crippen molar-refractivity contribution in [2.45, 2.75) is 32.3 Å². The van der Waals surface area contributed by atoms with Gasteiger partial charge in [-0.25, -0.2) is 4.98 Å². The van der Waals surface area contributed by atoms with E-state index in [4.69, 9.17) is 10.3 Å². The van der Waals surface area contributed by atoms with Crippen LogP contribution >= 0.6 is 0 Å². The average molecular weight is 366 g/mol. The number of carbonyl (C=O) groups excluding carboxylic acids is 1. The van der Waals surface area contributed by atoms with Gasteiger partial charge in [-0.15, -0.1) is 0 Å². The van der Waals surface area contributed by atoms with E-state index >= 15 is 0 Å². The number of pyridine rings is 1. The highest BCUT2D eigenvalue weighted by molar-refractivity contribution is 5.94. The van der Waals surface area contributed by atoms with Gasteiger partial charge in [0.1, 0.15) is 11.6 Å². The maximum atomic E-state index is 12.3. The maximum Gasteiger partial charge on any atom is 0.259 e. The minimum Gasteiger partial charge on any atom is -0.384 e. The number of amides is 1. The molecule has 0 aliphatic rings. The molecule has 1 amide bonds. The van der Waals surface area contributed by atoms with Gasteiger partial charge in [-0.05, 0) is 23.3 Å². The van der Waals surface area contributed by atoms with Gasteiger partial charge < -0.3 is 20.7 Å². The first-order valence-electron chi connectivity index (χ1n) is 8.52. The molecule has 4 N–H and O–H groups in total. The summed E-state index contributed by atoms with van der Waals surface area (Å²) in [6.45, 7) is 5.93. The van der Waals surface area contributed by atoms with E-state index in [0.29, 0.717) is 17.1 Å². The predicted molar refractivity (Wildman–Crippen MR) is 103 cm³/mol. The molecule has 7 nitrogen and oxygen atoms in total. The van der Waals surface area contributed by atoms with Crippen molar-refractivity contribution in [1.29, 1.82) is 0 Å². The number of anilines is 2. The second-order valence-electron chi connectivity index (χ2n) is 7.31. The van der Waals surface area contributed by atoms with Crippen LogP contribution in [0.3, 0.4) is 0 Å². The first-order valence-corrected chi connectivity index (χ1v) is 8.52. The molecular weight excluding hydrogens is 344 g/mol. The van der Waals surface area contributed by atoms with Crippen LogP contribution in [0.5, 0.6) is 0 Å². The summed E-state index contributed by atoms with van der Waals surface area (Å²) in [4.78, 5) is 16.4. The van der Waals surface area contributed by atoms with Crippen LogP contribution < -0.4 is 11.1 Å². The third-order valence-electron chi connectivity index (χ3n) is 4.10. The number of carbonyl (C=O) groups is 1. The van der Waals surface area contributed by atoms with Crippen molar-refractivity contribution >= 4 is 17.5 Å². The molecule has 0 fully saturated rings. The molecule has 0 radical (unpaired) electrons. The number of hydrogen-bond donors (Lipinski definition) is 3. The molecule has 0 aliphatic heterocycles. The predicted octanol–water partition coefficient (Wildman–Crippen LogP) is 3.29. The Balaban J connectivity index is 1.69. The molecule has 2 aromatic heterocycles. The van der Waals surface area contributed by atoms with Gasteiger partial charge in [0, 0.05) is 23.2 Å². The second kappa shape index (κ2) is 7.20. The fourth-order valence-electron chi connectivity index (χ4n) is 2.47. The van der Waals surface area contributed by atoms with Gasteiger partial charge in [-0.2, -0.15) is 0 Å². The number of rotatable bonds is 4. The van der Waals surface area contributed by atoms with Gasteiger partial charge >= 0.3 is 0 Å². The third kappa shape index (κ3) is 4.32. The van der Waals surface area contributed by atoms with Gasteiger partial charge in [-0.1, -0.05) is 50.2 Å². The number of aromatic nitrogens is 2. The summed E-state index contributed by atoms with van der Waals surface area (Å²) >= 11 is 0. The number of nitrogens with zero attached hydrogens (tertiary/aromatic N) is 2. The Morgan fingerprint density at radius 1 is 1.15 bits per heavy atom. The van der Waals surface area contributed by atoms with Gasteiger partial charge in [0.05, 0.1) is 0 Å². The lowest BCUT2D eigenvalue weighted by atomic mass is 9.93. The highest BCUT2D eigenvalue weighted by Gasteiger charge is 2.22. The first kappa shape index (κ1) is 18.6. The van der Waals surface area contributed by atoms with Crippen LogP contribution in [-0.4, -0.2) is 21.2 Å². The molecule has 0 aliphatic carbocycles. The Hall–Kier alpha value is -3.19. The summed E-state index contributed by atoms with van der Waals surface area (Å²) < 4.78 is 5.23. The van der Waals surface area contributed by atoms with Crippen molar-refractivity contribution in [2.75, 3.05) is 11.1 Å². The molecule has 3 rings (SSSR count). The summed E-state index contributed by atoms with van der Waals surface area (Å²) in [6.07, 6.45) is 0.351. The van der Waals surface area contributed by atoms with E-state index in [2.05, 4.69) is 15.5 Å². The van der Waals surface area contributed by atoms with Gasteiger partial charge in [0.25, 0.3) is 5.91 Å². The number of hydrogen-bond acceptors (Lipinski definition) is 6. The molecule has 0 spiro atoms. The largest absolute Gasteiger partial charge is 0.384 e. The SMILES string of the molecule is CC(C)(C)c1cc(NC(=O)C(O)c2ccc(-c3ccc(N)nc3)cc2)no1. The fourth-order valence-corrected chi connectivity index (χ4v) is 2.47. The van der Waals surface area contributed by atoms with Crippen molar-refractivity contribution in [3.63, 3.8) is 0 Å². The molecule has 1 atom stereocenters. The molecule has 2 heterocycles. The molecule has 1 aromatic carbocycles. The van der Waals surface area contributed by atoms with Crippen molar-refractivity contribution in [3.05, 3.63) is 60.0 Å². The number of aliphatic hydroxyl groups excluding tert-OH is 1. The lowest BCUT2D eigenvalue weighted by Crippen LogP contribution is -2.21. The zero-order valence-corrected chi connectivity index (χ0v) is 15.4. The molecule has 1 unspecified atom stereocenters. The lowest BCUT2D eigenvalue weighted by molar-refractivity contribution is -0.124. The van der Waals surface area contributed by atoms with Gasteiger partial charge in [0.2, 0.25) is 0 Å². The van der Waals surface area contributed by atoms with E-state index in [1.165, 1.54) is 0 Å². The van der Waals surface area contributed by atoms with E-state index in [-0.39, 0.29) is 11.2 Å². The minimum absolute atomic E-state index is 0.221. The van der Waals surface area contributed by atoms with Crippen LogP contribution in [0.15, 0.2) is 53.2 Å². The molecular formula is C20H22N4O3. The summed E-state index contributed by atoms with van der Waals surface area (Å²) in [5.74, 6) is 0.790. The number of nitrogens with one attached hydrogen (secondary N) is 1. The standard InChI is InChI=1S/C20H22N4O3/c1-20(2,3)15-10-17(24-27-15)23-19(26)18(25)13-6-4-12(5-7-13)14-8-9-16(21)22-11-14/h4-11,18,25H,1-3H3,(H2,21,22)(H,23,24,26). The Morgan fingerprint density at radius 2 is 1.81 bits per heavy atom. The highest BCUT2D eigenvalue weighted by Crippen LogP contribution is 2.26. The number of benzene rings is 1. The minimum atomic E-state index is -1.32. The third-order valence-corrected chi connectivity index (χ3v) is 4.10. The molecule has 7 heteroatoms. The van der Waals surface area contributed by atoms with E-state index in [1.807, 2.05) is 39.0 Å². The smallest absolute Gasteiger partial charge is 0.259 e. The summed E-state index contributed by atoms with van der Waals surface area (Å²) in [6, 6.07) is 12.2. The highest BCUT2D eigenvalue weighted by atomic mass is 16.5. The summed E-state index contributed by atoms with van der Waals surface area (Å²) in [7, 11) is 0. The van der Waals surface area contributed by atoms with Crippen LogP contribution in [0, 0.1) is 0 Å². The topological polar surface area (TPSA) is 114 Å². The van der Waals surface area contributed by atoms with Crippen LogP contribution in [0.1, 0.15) is 38.2 Å². The Kier molecular flexibility index (Phi) is 4.96. The van der Waals surface area contributed by atoms with Crippen molar-refractivity contribution in [3.8, 4) is 11.1 Å². The molecule has 0 saturated heterocycles. The normalized spacial score (nSPS) is 12.6. The van der Waals surface area contributed by atoms with Crippen LogP contribution in [0.25, 0.3) is 11.1 Å². The van der Waals surface area contributed by atoms with E-state index < -0.39 is 12.0 Å². The second-order valence-corrected chi connectivity index (χ2v) is 7.31. The Labute approximate surface area is 157 Å². The van der Waals surface area contributed by atoms with Crippen molar-refractivity contribution in [2.24, 2.45) is 0 Å². The Bertz CT molecular complexity index is 925. The van der Waals surface area contributed by atoms with E-state index in [0.717, 1.165) is 11.1 Å². The number of nitrogen functional groups attached to an aromatic ring is 1. The van der Waals surface area contributed by atoms with Crippen LogP contribution in [0.2, 0.25) is 0 Å². The average Bonchev–Trinajstić information content (AvgIpc) is 3.11. The monoisotopic (exact) mass is 366 g/mol. The zero-order chi connectivity index (χ0) is 19.6. The summed E-state index contributed by atoms with van der Waals surface area (Å²) in [5, 5.41) is 16.7. The van der Waals surface area contributed by atoms with Crippen LogP contribution in [0.4, 0.5) is 11.6 Å². The van der Waals surface area contributed by atoms with Crippen molar-refractivity contribution in [1.82, 2.24) is 10.1 Å². The number of aliphatic hydroxyl groups is 1. The van der Waals surface area contributed by atoms with Crippen molar-refractivity contribution < 1.29 is 14.4 Å². The molecule has 27 heavy (non-hydrogen) atoms. The van der Waals surface area contributed by atoms with E-state index in [1.54, 1.807) is 30.5 Å². The quantitative estimate of drug-likeness (QED) is 0.653. The molecule has 3 aromatic rings. The first-order chi connectivity index (χ1) is 12.7. The fraction of sp³-hybridized carbons (Fsp3) is 0.250. The molecule has 0 bridgehead atoms. The lowest BCUT2D eigenvalue weighted by Gasteiger charge is -2.12. The van der Waals surface area contributed by atoms with Gasteiger partial charge in [-0.3, -0.25) is 4.79 Å². The van der Waals surface area contributed by atoms with Gasteiger partial charge in [0.15, 0.2) is 11.9 Å².